The smallest absolute Gasteiger partial charge is 0.0140 e. The van der Waals surface area contributed by atoms with Gasteiger partial charge in [0.2, 0.25) is 0 Å². The molecule has 3 aliphatic heterocycles. The quantitative estimate of drug-likeness (QED) is 0.537. The maximum atomic E-state index is 3.52. The van der Waals surface area contributed by atoms with Crippen molar-refractivity contribution in [2.75, 3.05) is 20.1 Å². The van der Waals surface area contributed by atoms with E-state index in [2.05, 4.69) is 17.3 Å². The Labute approximate surface area is 68.0 Å². The monoisotopic (exact) mass is 152 g/mol. The summed E-state index contributed by atoms with van der Waals surface area (Å²) < 4.78 is 0. The van der Waals surface area contributed by atoms with E-state index >= 15 is 0 Å². The Morgan fingerprint density at radius 2 is 1.64 bits per heavy atom. The summed E-state index contributed by atoms with van der Waals surface area (Å²) in [6.07, 6.45) is 2.92. The van der Waals surface area contributed by atoms with Gasteiger partial charge in [0.1, 0.15) is 0 Å². The van der Waals surface area contributed by atoms with Crippen LogP contribution in [0.1, 0.15) is 12.8 Å². The van der Waals surface area contributed by atoms with Crippen molar-refractivity contribution in [3.05, 3.63) is 0 Å². The third-order valence-electron chi connectivity index (χ3n) is 4.10. The van der Waals surface area contributed by atoms with Crippen LogP contribution in [0.3, 0.4) is 0 Å². The average molecular weight is 152 g/mol. The molecular formula is C9H16N2. The van der Waals surface area contributed by atoms with Gasteiger partial charge in [-0.2, -0.15) is 0 Å². The van der Waals surface area contributed by atoms with Crippen LogP contribution in [0.15, 0.2) is 0 Å². The molecule has 11 heavy (non-hydrogen) atoms. The average Bonchev–Trinajstić information content (AvgIpc) is 2.61. The molecule has 62 valence electrons. The van der Waals surface area contributed by atoms with E-state index in [9.17, 15) is 0 Å². The number of nitrogens with one attached hydrogen (secondary N) is 1. The Bertz CT molecular complexity index is 153. The van der Waals surface area contributed by atoms with E-state index in [1.807, 2.05) is 0 Å². The van der Waals surface area contributed by atoms with Crippen LogP contribution in [-0.4, -0.2) is 37.1 Å². The highest BCUT2D eigenvalue weighted by Gasteiger charge is 2.52. The van der Waals surface area contributed by atoms with E-state index in [0.717, 1.165) is 23.9 Å². The van der Waals surface area contributed by atoms with E-state index in [1.165, 1.54) is 25.9 Å². The second-order valence-electron chi connectivity index (χ2n) is 4.36. The molecule has 2 heteroatoms. The summed E-state index contributed by atoms with van der Waals surface area (Å²) in [5.74, 6) is 2.00. The number of nitrogens with zero attached hydrogens (tertiary/aromatic N) is 1. The molecular weight excluding hydrogens is 136 g/mol. The van der Waals surface area contributed by atoms with Gasteiger partial charge in [0.05, 0.1) is 0 Å². The molecule has 4 atom stereocenters. The normalized spacial score (nSPS) is 55.4. The highest BCUT2D eigenvalue weighted by atomic mass is 15.2. The number of rotatable bonds is 0. The third kappa shape index (κ3) is 0.651. The van der Waals surface area contributed by atoms with E-state index < -0.39 is 0 Å². The minimum atomic E-state index is 0.931. The Kier molecular flexibility index (Phi) is 1.16. The Morgan fingerprint density at radius 1 is 1.09 bits per heavy atom. The summed E-state index contributed by atoms with van der Waals surface area (Å²) in [6.45, 7) is 2.58. The van der Waals surface area contributed by atoms with Crippen molar-refractivity contribution in [1.29, 1.82) is 0 Å². The summed E-state index contributed by atoms with van der Waals surface area (Å²) >= 11 is 0. The molecule has 0 aromatic heterocycles. The van der Waals surface area contributed by atoms with E-state index in [-0.39, 0.29) is 0 Å². The third-order valence-corrected chi connectivity index (χ3v) is 4.10. The van der Waals surface area contributed by atoms with Crippen LogP contribution in [0, 0.1) is 11.8 Å². The topological polar surface area (TPSA) is 15.3 Å². The van der Waals surface area contributed by atoms with E-state index in [0.29, 0.717) is 0 Å². The van der Waals surface area contributed by atoms with Crippen molar-refractivity contribution >= 4 is 0 Å². The fourth-order valence-electron chi connectivity index (χ4n) is 3.59. The second kappa shape index (κ2) is 1.99. The van der Waals surface area contributed by atoms with Crippen molar-refractivity contribution in [1.82, 2.24) is 10.2 Å². The van der Waals surface area contributed by atoms with Gasteiger partial charge >= 0.3 is 0 Å². The molecule has 3 aliphatic rings. The van der Waals surface area contributed by atoms with Gasteiger partial charge in [-0.1, -0.05) is 0 Å². The van der Waals surface area contributed by atoms with Gasteiger partial charge in [-0.3, -0.25) is 4.90 Å². The van der Waals surface area contributed by atoms with Crippen molar-refractivity contribution < 1.29 is 0 Å². The Hall–Kier alpha value is -0.0800. The summed E-state index contributed by atoms with van der Waals surface area (Å²) in [5.41, 5.74) is 0. The highest BCUT2D eigenvalue weighted by Crippen LogP contribution is 2.45. The summed E-state index contributed by atoms with van der Waals surface area (Å²) in [7, 11) is 2.32. The van der Waals surface area contributed by atoms with E-state index in [1.54, 1.807) is 0 Å². The summed E-state index contributed by atoms with van der Waals surface area (Å²) in [4.78, 5) is 2.64. The molecule has 0 spiro atoms. The predicted molar refractivity (Wildman–Crippen MR) is 44.4 cm³/mol. The Balaban J connectivity index is 1.94. The first-order valence-corrected chi connectivity index (χ1v) is 4.80. The van der Waals surface area contributed by atoms with Crippen LogP contribution < -0.4 is 5.32 Å². The van der Waals surface area contributed by atoms with Gasteiger partial charge in [0.15, 0.2) is 0 Å². The number of fused-ring (bicyclic) bond motifs is 5. The molecule has 2 bridgehead atoms. The van der Waals surface area contributed by atoms with Gasteiger partial charge < -0.3 is 5.32 Å². The summed E-state index contributed by atoms with van der Waals surface area (Å²) in [6, 6.07) is 1.86. The van der Waals surface area contributed by atoms with Gasteiger partial charge in [-0.25, -0.2) is 0 Å². The second-order valence-corrected chi connectivity index (χ2v) is 4.36. The molecule has 0 radical (unpaired) electrons. The maximum absolute atomic E-state index is 3.52. The lowest BCUT2D eigenvalue weighted by Gasteiger charge is -2.20. The standard InChI is InChI=1S/C9H16N2/c1-11-8-2-3-9(11)7-5-10-4-6(7)8/h6-10H,2-5H2,1H3/t6-,7+,8+,9-. The Morgan fingerprint density at radius 3 is 2.18 bits per heavy atom. The number of hydrogen-bond acceptors (Lipinski definition) is 2. The molecule has 2 nitrogen and oxygen atoms in total. The first kappa shape index (κ1) is 6.44. The zero-order valence-corrected chi connectivity index (χ0v) is 7.09. The molecule has 3 fully saturated rings. The summed E-state index contributed by atoms with van der Waals surface area (Å²) in [5, 5.41) is 3.52. The fraction of sp³-hybridized carbons (Fsp3) is 1.00. The van der Waals surface area contributed by atoms with Gasteiger partial charge in [-0.05, 0) is 44.8 Å². The lowest BCUT2D eigenvalue weighted by Crippen LogP contribution is -2.30. The van der Waals surface area contributed by atoms with Crippen LogP contribution in [0.25, 0.3) is 0 Å². The first-order chi connectivity index (χ1) is 5.38. The largest absolute Gasteiger partial charge is 0.316 e. The molecule has 3 saturated heterocycles. The van der Waals surface area contributed by atoms with Crippen LogP contribution in [-0.2, 0) is 0 Å². The van der Waals surface area contributed by atoms with Crippen molar-refractivity contribution in [3.63, 3.8) is 0 Å². The van der Waals surface area contributed by atoms with Crippen LogP contribution in [0.5, 0.6) is 0 Å². The number of hydrogen-bond donors (Lipinski definition) is 1. The van der Waals surface area contributed by atoms with Crippen LogP contribution in [0.4, 0.5) is 0 Å². The molecule has 0 saturated carbocycles. The van der Waals surface area contributed by atoms with Crippen molar-refractivity contribution in [2.24, 2.45) is 11.8 Å². The molecule has 0 aliphatic carbocycles. The molecule has 0 aromatic rings. The molecule has 1 N–H and O–H groups in total. The molecule has 3 heterocycles. The molecule has 3 rings (SSSR count). The van der Waals surface area contributed by atoms with Crippen molar-refractivity contribution in [2.45, 2.75) is 24.9 Å². The van der Waals surface area contributed by atoms with Crippen molar-refractivity contribution in [3.8, 4) is 0 Å². The van der Waals surface area contributed by atoms with Crippen LogP contribution in [0.2, 0.25) is 0 Å². The zero-order valence-electron chi connectivity index (χ0n) is 7.09. The predicted octanol–water partition coefficient (Wildman–Crippen LogP) is 0.298. The lowest BCUT2D eigenvalue weighted by atomic mass is 9.82. The zero-order chi connectivity index (χ0) is 7.42. The minimum Gasteiger partial charge on any atom is -0.316 e. The van der Waals surface area contributed by atoms with Crippen LogP contribution >= 0.6 is 0 Å². The van der Waals surface area contributed by atoms with Gasteiger partial charge in [-0.15, -0.1) is 0 Å². The first-order valence-electron chi connectivity index (χ1n) is 4.80. The SMILES string of the molecule is CN1[C@@H]2CC[C@H]1[C@@H]1CNC[C@@H]12. The highest BCUT2D eigenvalue weighted by molar-refractivity contribution is 5.07. The molecule has 0 aromatic carbocycles. The minimum absolute atomic E-state index is 0.931. The van der Waals surface area contributed by atoms with Gasteiger partial charge in [0.25, 0.3) is 0 Å². The van der Waals surface area contributed by atoms with E-state index in [4.69, 9.17) is 0 Å². The molecule has 0 unspecified atom stereocenters. The maximum Gasteiger partial charge on any atom is 0.0140 e. The van der Waals surface area contributed by atoms with Gasteiger partial charge in [0, 0.05) is 12.1 Å². The molecule has 0 amide bonds. The fourth-order valence-corrected chi connectivity index (χ4v) is 3.59. The lowest BCUT2D eigenvalue weighted by molar-refractivity contribution is 0.281.